The number of nitrogens with zero attached hydrogens (tertiary/aromatic N) is 2. The molecule has 1 saturated carbocycles. The first-order valence-electron chi connectivity index (χ1n) is 5.01. The average molecular weight is 217 g/mol. The summed E-state index contributed by atoms with van der Waals surface area (Å²) in [7, 11) is 0. The van der Waals surface area contributed by atoms with Crippen molar-refractivity contribution >= 4 is 11.4 Å². The minimum atomic E-state index is -0.435. The SMILES string of the molecule is CC1(Nc2cc(C#N)ccc2[N+](=O)[O-])CC1. The minimum Gasteiger partial charge on any atom is -0.374 e. The summed E-state index contributed by atoms with van der Waals surface area (Å²) < 4.78 is 0. The summed E-state index contributed by atoms with van der Waals surface area (Å²) >= 11 is 0. The third-order valence-electron chi connectivity index (χ3n) is 2.76. The van der Waals surface area contributed by atoms with Crippen LogP contribution in [-0.4, -0.2) is 10.5 Å². The Morgan fingerprint density at radius 2 is 2.25 bits per heavy atom. The van der Waals surface area contributed by atoms with Gasteiger partial charge in [-0.2, -0.15) is 5.26 Å². The van der Waals surface area contributed by atoms with Crippen LogP contribution in [0.15, 0.2) is 18.2 Å². The van der Waals surface area contributed by atoms with Crippen molar-refractivity contribution in [2.24, 2.45) is 0 Å². The molecule has 1 aliphatic rings. The number of anilines is 1. The van der Waals surface area contributed by atoms with Gasteiger partial charge in [-0.25, -0.2) is 0 Å². The third-order valence-corrected chi connectivity index (χ3v) is 2.76. The summed E-state index contributed by atoms with van der Waals surface area (Å²) in [6.45, 7) is 2.01. The molecule has 1 aromatic rings. The molecular formula is C11H11N3O2. The van der Waals surface area contributed by atoms with Crippen LogP contribution >= 0.6 is 0 Å². The largest absolute Gasteiger partial charge is 0.374 e. The quantitative estimate of drug-likeness (QED) is 0.622. The molecule has 0 atom stereocenters. The lowest BCUT2D eigenvalue weighted by Crippen LogP contribution is -2.16. The normalized spacial score (nSPS) is 16.2. The lowest BCUT2D eigenvalue weighted by molar-refractivity contribution is -0.384. The molecule has 82 valence electrons. The van der Waals surface area contributed by atoms with E-state index in [2.05, 4.69) is 5.32 Å². The van der Waals surface area contributed by atoms with Crippen molar-refractivity contribution in [2.75, 3.05) is 5.32 Å². The van der Waals surface area contributed by atoms with Crippen molar-refractivity contribution in [3.63, 3.8) is 0 Å². The number of nitrogens with one attached hydrogen (secondary N) is 1. The summed E-state index contributed by atoms with van der Waals surface area (Å²) in [5, 5.41) is 22.7. The Hall–Kier alpha value is -2.09. The van der Waals surface area contributed by atoms with E-state index < -0.39 is 4.92 Å². The van der Waals surface area contributed by atoms with Gasteiger partial charge in [-0.05, 0) is 31.9 Å². The van der Waals surface area contributed by atoms with E-state index in [9.17, 15) is 10.1 Å². The first-order valence-corrected chi connectivity index (χ1v) is 5.01. The van der Waals surface area contributed by atoms with Gasteiger partial charge in [0.1, 0.15) is 5.69 Å². The number of benzene rings is 1. The summed E-state index contributed by atoms with van der Waals surface area (Å²) in [5.74, 6) is 0. The smallest absolute Gasteiger partial charge is 0.292 e. The number of nitro benzene ring substituents is 1. The van der Waals surface area contributed by atoms with Gasteiger partial charge in [-0.15, -0.1) is 0 Å². The van der Waals surface area contributed by atoms with Crippen molar-refractivity contribution in [2.45, 2.75) is 25.3 Å². The fourth-order valence-electron chi connectivity index (χ4n) is 1.50. The second kappa shape index (κ2) is 3.49. The van der Waals surface area contributed by atoms with Crippen LogP contribution in [-0.2, 0) is 0 Å². The summed E-state index contributed by atoms with van der Waals surface area (Å²) in [5.41, 5.74) is 0.840. The molecular weight excluding hydrogens is 206 g/mol. The van der Waals surface area contributed by atoms with Gasteiger partial charge in [-0.3, -0.25) is 10.1 Å². The highest BCUT2D eigenvalue weighted by Gasteiger charge is 2.38. The topological polar surface area (TPSA) is 79.0 Å². The molecule has 0 radical (unpaired) electrons. The van der Waals surface area contributed by atoms with E-state index in [-0.39, 0.29) is 11.2 Å². The van der Waals surface area contributed by atoms with Crippen LogP contribution in [0.5, 0.6) is 0 Å². The predicted octanol–water partition coefficient (Wildman–Crippen LogP) is 2.43. The molecule has 1 N–H and O–H groups in total. The zero-order chi connectivity index (χ0) is 11.8. The van der Waals surface area contributed by atoms with Crippen LogP contribution in [0.25, 0.3) is 0 Å². The van der Waals surface area contributed by atoms with E-state index in [1.165, 1.54) is 18.2 Å². The van der Waals surface area contributed by atoms with Crippen LogP contribution in [0.3, 0.4) is 0 Å². The number of nitriles is 1. The molecule has 0 heterocycles. The molecule has 2 rings (SSSR count). The Labute approximate surface area is 92.8 Å². The summed E-state index contributed by atoms with van der Waals surface area (Å²) in [6.07, 6.45) is 2.00. The average Bonchev–Trinajstić information content (AvgIpc) is 2.95. The van der Waals surface area contributed by atoms with Gasteiger partial charge < -0.3 is 5.32 Å². The minimum absolute atomic E-state index is 0.0205. The molecule has 16 heavy (non-hydrogen) atoms. The highest BCUT2D eigenvalue weighted by atomic mass is 16.6. The number of rotatable bonds is 3. The zero-order valence-electron chi connectivity index (χ0n) is 8.86. The monoisotopic (exact) mass is 217 g/mol. The Kier molecular flexibility index (Phi) is 2.27. The predicted molar refractivity (Wildman–Crippen MR) is 59.1 cm³/mol. The summed E-state index contributed by atoms with van der Waals surface area (Å²) in [4.78, 5) is 10.4. The molecule has 1 fully saturated rings. The first kappa shape index (κ1) is 10.4. The molecule has 0 aliphatic heterocycles. The van der Waals surface area contributed by atoms with Gasteiger partial charge in [0.15, 0.2) is 0 Å². The second-order valence-electron chi connectivity index (χ2n) is 4.29. The van der Waals surface area contributed by atoms with Gasteiger partial charge in [-0.1, -0.05) is 0 Å². The van der Waals surface area contributed by atoms with E-state index in [1.54, 1.807) is 0 Å². The number of hydrogen-bond acceptors (Lipinski definition) is 4. The fourth-order valence-corrected chi connectivity index (χ4v) is 1.50. The van der Waals surface area contributed by atoms with E-state index in [1.807, 2.05) is 13.0 Å². The summed E-state index contributed by atoms with van der Waals surface area (Å²) in [6, 6.07) is 6.33. The molecule has 0 saturated heterocycles. The van der Waals surface area contributed by atoms with Crippen LogP contribution in [0, 0.1) is 21.4 Å². The molecule has 1 aliphatic carbocycles. The molecule has 5 heteroatoms. The van der Waals surface area contributed by atoms with Crippen LogP contribution < -0.4 is 5.32 Å². The molecule has 0 bridgehead atoms. The molecule has 1 aromatic carbocycles. The molecule has 0 amide bonds. The Morgan fingerprint density at radius 3 is 2.75 bits per heavy atom. The molecule has 0 unspecified atom stereocenters. The van der Waals surface area contributed by atoms with E-state index in [0.717, 1.165) is 12.8 Å². The maximum atomic E-state index is 10.8. The molecule has 5 nitrogen and oxygen atoms in total. The fraction of sp³-hybridized carbons (Fsp3) is 0.364. The van der Waals surface area contributed by atoms with E-state index in [0.29, 0.717) is 11.3 Å². The van der Waals surface area contributed by atoms with Crippen molar-refractivity contribution in [3.05, 3.63) is 33.9 Å². The highest BCUT2D eigenvalue weighted by molar-refractivity contribution is 5.65. The lowest BCUT2D eigenvalue weighted by atomic mass is 10.1. The van der Waals surface area contributed by atoms with E-state index in [4.69, 9.17) is 5.26 Å². The van der Waals surface area contributed by atoms with Gasteiger partial charge in [0, 0.05) is 11.6 Å². The highest BCUT2D eigenvalue weighted by Crippen LogP contribution is 2.40. The van der Waals surface area contributed by atoms with Gasteiger partial charge in [0.25, 0.3) is 5.69 Å². The van der Waals surface area contributed by atoms with Crippen molar-refractivity contribution in [3.8, 4) is 6.07 Å². The standard InChI is InChI=1S/C11H11N3O2/c1-11(4-5-11)13-9-6-8(7-12)2-3-10(9)14(15)16/h2-3,6,13H,4-5H2,1H3. The van der Waals surface area contributed by atoms with Crippen molar-refractivity contribution in [1.29, 1.82) is 5.26 Å². The third kappa shape index (κ3) is 1.96. The number of hydrogen-bond donors (Lipinski definition) is 1. The number of nitro groups is 1. The Balaban J connectivity index is 2.38. The first-order chi connectivity index (χ1) is 7.54. The maximum absolute atomic E-state index is 10.8. The Bertz CT molecular complexity index is 486. The van der Waals surface area contributed by atoms with E-state index >= 15 is 0 Å². The van der Waals surface area contributed by atoms with Crippen molar-refractivity contribution in [1.82, 2.24) is 0 Å². The lowest BCUT2D eigenvalue weighted by Gasteiger charge is -2.13. The van der Waals surface area contributed by atoms with Gasteiger partial charge in [0.05, 0.1) is 16.6 Å². The molecule has 0 spiro atoms. The van der Waals surface area contributed by atoms with Crippen molar-refractivity contribution < 1.29 is 4.92 Å². The van der Waals surface area contributed by atoms with Crippen LogP contribution in [0.1, 0.15) is 25.3 Å². The molecule has 0 aromatic heterocycles. The van der Waals surface area contributed by atoms with Crippen LogP contribution in [0.2, 0.25) is 0 Å². The van der Waals surface area contributed by atoms with Crippen LogP contribution in [0.4, 0.5) is 11.4 Å². The second-order valence-corrected chi connectivity index (χ2v) is 4.29. The van der Waals surface area contributed by atoms with Gasteiger partial charge in [0.2, 0.25) is 0 Å². The van der Waals surface area contributed by atoms with Gasteiger partial charge >= 0.3 is 0 Å². The zero-order valence-corrected chi connectivity index (χ0v) is 8.86. The maximum Gasteiger partial charge on any atom is 0.292 e. The Morgan fingerprint density at radius 1 is 1.56 bits per heavy atom.